The molecule has 5 aromatic rings. The molecule has 0 unspecified atom stereocenters. The standard InChI is InChI=1S/C22H15N3/c1-3-10-21-17(7-1)18-8-2-4-11-22(18)25(21)16-12-13-20(24-15-16)19-9-5-6-14-23-19/h1-15H. The van der Waals surface area contributed by atoms with Crippen molar-refractivity contribution in [2.75, 3.05) is 0 Å². The summed E-state index contributed by atoms with van der Waals surface area (Å²) in [6.45, 7) is 0. The van der Waals surface area contributed by atoms with E-state index in [1.54, 1.807) is 6.20 Å². The van der Waals surface area contributed by atoms with Crippen LogP contribution in [0.15, 0.2) is 91.3 Å². The van der Waals surface area contributed by atoms with Crippen molar-refractivity contribution in [1.82, 2.24) is 14.5 Å². The molecule has 0 spiro atoms. The lowest BCUT2D eigenvalue weighted by molar-refractivity contribution is 1.14. The smallest absolute Gasteiger partial charge is 0.0887 e. The van der Waals surface area contributed by atoms with Crippen LogP contribution in [-0.4, -0.2) is 14.5 Å². The van der Waals surface area contributed by atoms with E-state index in [4.69, 9.17) is 0 Å². The molecule has 3 heteroatoms. The van der Waals surface area contributed by atoms with Crippen molar-refractivity contribution in [2.45, 2.75) is 0 Å². The molecule has 3 heterocycles. The quantitative estimate of drug-likeness (QED) is 0.445. The van der Waals surface area contributed by atoms with Gasteiger partial charge in [0, 0.05) is 17.0 Å². The molecule has 5 rings (SSSR count). The van der Waals surface area contributed by atoms with Gasteiger partial charge in [-0.25, -0.2) is 0 Å². The summed E-state index contributed by atoms with van der Waals surface area (Å²) in [4.78, 5) is 9.01. The van der Waals surface area contributed by atoms with Gasteiger partial charge in [-0.15, -0.1) is 0 Å². The number of para-hydroxylation sites is 2. The fourth-order valence-corrected chi connectivity index (χ4v) is 3.38. The highest BCUT2D eigenvalue weighted by molar-refractivity contribution is 6.09. The summed E-state index contributed by atoms with van der Waals surface area (Å²) in [5.74, 6) is 0. The van der Waals surface area contributed by atoms with E-state index >= 15 is 0 Å². The predicted molar refractivity (Wildman–Crippen MR) is 102 cm³/mol. The lowest BCUT2D eigenvalue weighted by atomic mass is 10.2. The van der Waals surface area contributed by atoms with Crippen molar-refractivity contribution in [3.63, 3.8) is 0 Å². The fourth-order valence-electron chi connectivity index (χ4n) is 3.38. The third-order valence-corrected chi connectivity index (χ3v) is 4.51. The van der Waals surface area contributed by atoms with E-state index in [1.807, 2.05) is 30.5 Å². The summed E-state index contributed by atoms with van der Waals surface area (Å²) in [5, 5.41) is 2.51. The molecule has 0 saturated heterocycles. The highest BCUT2D eigenvalue weighted by Gasteiger charge is 2.11. The summed E-state index contributed by atoms with van der Waals surface area (Å²) >= 11 is 0. The van der Waals surface area contributed by atoms with E-state index in [0.717, 1.165) is 17.1 Å². The molecule has 0 aliphatic carbocycles. The van der Waals surface area contributed by atoms with Crippen LogP contribution in [0.3, 0.4) is 0 Å². The van der Waals surface area contributed by atoms with Gasteiger partial charge in [-0.2, -0.15) is 0 Å². The molecule has 2 aromatic carbocycles. The number of fused-ring (bicyclic) bond motifs is 3. The average Bonchev–Trinajstić information content (AvgIpc) is 3.03. The van der Waals surface area contributed by atoms with Crippen LogP contribution < -0.4 is 0 Å². The van der Waals surface area contributed by atoms with Gasteiger partial charge >= 0.3 is 0 Å². The first-order valence-electron chi connectivity index (χ1n) is 8.28. The van der Waals surface area contributed by atoms with E-state index in [9.17, 15) is 0 Å². The Bertz CT molecular complexity index is 1120. The van der Waals surface area contributed by atoms with Gasteiger partial charge in [0.05, 0.1) is 34.3 Å². The molecule has 0 aliphatic heterocycles. The van der Waals surface area contributed by atoms with Crippen LogP contribution in [0.5, 0.6) is 0 Å². The Morgan fingerprint density at radius 3 is 1.80 bits per heavy atom. The number of pyridine rings is 2. The second kappa shape index (κ2) is 5.56. The van der Waals surface area contributed by atoms with Crippen molar-refractivity contribution in [2.24, 2.45) is 0 Å². The zero-order chi connectivity index (χ0) is 16.6. The van der Waals surface area contributed by atoms with Crippen molar-refractivity contribution in [3.8, 4) is 17.1 Å². The second-order valence-electron chi connectivity index (χ2n) is 5.99. The van der Waals surface area contributed by atoms with E-state index in [1.165, 1.54) is 21.8 Å². The van der Waals surface area contributed by atoms with Crippen LogP contribution in [0.2, 0.25) is 0 Å². The SMILES string of the molecule is c1ccc(-c2ccc(-n3c4ccccc4c4ccccc43)cn2)nc1. The Balaban J connectivity index is 1.73. The summed E-state index contributed by atoms with van der Waals surface area (Å²) < 4.78 is 2.26. The first kappa shape index (κ1) is 13.9. The molecular weight excluding hydrogens is 306 g/mol. The lowest BCUT2D eigenvalue weighted by Crippen LogP contribution is -1.95. The van der Waals surface area contributed by atoms with Gasteiger partial charge in [0.2, 0.25) is 0 Å². The average molecular weight is 321 g/mol. The second-order valence-corrected chi connectivity index (χ2v) is 5.99. The van der Waals surface area contributed by atoms with Gasteiger partial charge in [-0.3, -0.25) is 9.97 Å². The molecule has 0 amide bonds. The molecule has 0 saturated carbocycles. The van der Waals surface area contributed by atoms with Crippen molar-refractivity contribution < 1.29 is 0 Å². The zero-order valence-corrected chi connectivity index (χ0v) is 13.5. The molecule has 0 aliphatic rings. The summed E-state index contributed by atoms with van der Waals surface area (Å²) in [6.07, 6.45) is 3.71. The Labute approximate surface area is 145 Å². The van der Waals surface area contributed by atoms with Gasteiger partial charge in [0.1, 0.15) is 0 Å². The van der Waals surface area contributed by atoms with Crippen LogP contribution >= 0.6 is 0 Å². The normalized spacial score (nSPS) is 11.2. The van der Waals surface area contributed by atoms with E-state index in [-0.39, 0.29) is 0 Å². The molecule has 0 bridgehead atoms. The van der Waals surface area contributed by atoms with E-state index < -0.39 is 0 Å². The maximum atomic E-state index is 4.64. The Morgan fingerprint density at radius 2 is 1.20 bits per heavy atom. The van der Waals surface area contributed by atoms with Gasteiger partial charge < -0.3 is 4.57 Å². The van der Waals surface area contributed by atoms with Gasteiger partial charge in [0.25, 0.3) is 0 Å². The molecule has 3 nitrogen and oxygen atoms in total. The highest BCUT2D eigenvalue weighted by atomic mass is 15.0. The maximum Gasteiger partial charge on any atom is 0.0887 e. The van der Waals surface area contributed by atoms with Crippen molar-refractivity contribution in [3.05, 3.63) is 91.3 Å². The predicted octanol–water partition coefficient (Wildman–Crippen LogP) is 5.24. The minimum atomic E-state index is 0.880. The Hall–Kier alpha value is -3.46. The number of hydrogen-bond acceptors (Lipinski definition) is 2. The molecule has 118 valence electrons. The van der Waals surface area contributed by atoms with Crippen molar-refractivity contribution in [1.29, 1.82) is 0 Å². The zero-order valence-electron chi connectivity index (χ0n) is 13.5. The third kappa shape index (κ3) is 2.21. The largest absolute Gasteiger partial charge is 0.308 e. The number of hydrogen-bond donors (Lipinski definition) is 0. The van der Waals surface area contributed by atoms with Crippen LogP contribution in [-0.2, 0) is 0 Å². The van der Waals surface area contributed by atoms with Crippen LogP contribution in [0, 0.1) is 0 Å². The first-order chi connectivity index (χ1) is 12.4. The lowest BCUT2D eigenvalue weighted by Gasteiger charge is -2.08. The monoisotopic (exact) mass is 321 g/mol. The van der Waals surface area contributed by atoms with Gasteiger partial charge in [0.15, 0.2) is 0 Å². The summed E-state index contributed by atoms with van der Waals surface area (Å²) in [5.41, 5.74) is 5.20. The number of aromatic nitrogens is 3. The third-order valence-electron chi connectivity index (χ3n) is 4.51. The minimum absolute atomic E-state index is 0.880. The highest BCUT2D eigenvalue weighted by Crippen LogP contribution is 2.31. The molecule has 0 radical (unpaired) electrons. The van der Waals surface area contributed by atoms with Crippen LogP contribution in [0.1, 0.15) is 0 Å². The molecular formula is C22H15N3. The Morgan fingerprint density at radius 1 is 0.560 bits per heavy atom. The number of rotatable bonds is 2. The Kier molecular flexibility index (Phi) is 3.10. The molecule has 0 N–H and O–H groups in total. The fraction of sp³-hybridized carbons (Fsp3) is 0. The first-order valence-corrected chi connectivity index (χ1v) is 8.28. The maximum absolute atomic E-state index is 4.64. The summed E-state index contributed by atoms with van der Waals surface area (Å²) in [6, 6.07) is 27.0. The molecule has 3 aromatic heterocycles. The van der Waals surface area contributed by atoms with Crippen LogP contribution in [0.4, 0.5) is 0 Å². The molecule has 25 heavy (non-hydrogen) atoms. The van der Waals surface area contributed by atoms with Gasteiger partial charge in [-0.05, 0) is 36.4 Å². The molecule has 0 fully saturated rings. The van der Waals surface area contributed by atoms with E-state index in [2.05, 4.69) is 69.1 Å². The van der Waals surface area contributed by atoms with Crippen LogP contribution in [0.25, 0.3) is 38.9 Å². The number of benzene rings is 2. The summed E-state index contributed by atoms with van der Waals surface area (Å²) in [7, 11) is 0. The minimum Gasteiger partial charge on any atom is -0.308 e. The van der Waals surface area contributed by atoms with E-state index in [0.29, 0.717) is 0 Å². The van der Waals surface area contributed by atoms with Gasteiger partial charge in [-0.1, -0.05) is 42.5 Å². The topological polar surface area (TPSA) is 30.7 Å². The number of nitrogens with zero attached hydrogens (tertiary/aromatic N) is 3. The van der Waals surface area contributed by atoms with Crippen molar-refractivity contribution >= 4 is 21.8 Å². The molecule has 0 atom stereocenters.